The van der Waals surface area contributed by atoms with Gasteiger partial charge in [-0.25, -0.2) is 4.39 Å². The number of anilines is 1. The first-order valence-electron chi connectivity index (χ1n) is 10.4. The summed E-state index contributed by atoms with van der Waals surface area (Å²) in [7, 11) is 4.56. The Morgan fingerprint density at radius 1 is 1.00 bits per heavy atom. The Kier molecular flexibility index (Phi) is 7.94. The van der Waals surface area contributed by atoms with Crippen molar-refractivity contribution in [3.8, 4) is 17.2 Å². The third-order valence-corrected chi connectivity index (χ3v) is 5.43. The number of nitrogens with one attached hydrogen (secondary N) is 1. The van der Waals surface area contributed by atoms with Gasteiger partial charge in [-0.3, -0.25) is 9.69 Å². The van der Waals surface area contributed by atoms with Crippen LogP contribution in [0, 0.1) is 5.82 Å². The molecular weight excluding hydrogens is 401 g/mol. The minimum atomic E-state index is -0.191. The van der Waals surface area contributed by atoms with E-state index in [1.165, 1.54) is 27.4 Å². The summed E-state index contributed by atoms with van der Waals surface area (Å²) in [4.78, 5) is 17.0. The lowest BCUT2D eigenvalue weighted by Gasteiger charge is -2.36. The largest absolute Gasteiger partial charge is 0.493 e. The molecule has 0 atom stereocenters. The Balaban J connectivity index is 1.44. The first-order valence-corrected chi connectivity index (χ1v) is 10.4. The molecule has 1 N–H and O–H groups in total. The SMILES string of the molecule is COc1cc(C(=O)NCCCN2CCN(c3ccccc3F)CC2)cc(OC)c1OC. The van der Waals surface area contributed by atoms with Crippen LogP contribution in [-0.4, -0.2) is 71.4 Å². The second kappa shape index (κ2) is 10.9. The van der Waals surface area contributed by atoms with Crippen molar-refractivity contribution in [3.63, 3.8) is 0 Å². The van der Waals surface area contributed by atoms with Crippen LogP contribution in [0.25, 0.3) is 0 Å². The van der Waals surface area contributed by atoms with Crippen molar-refractivity contribution >= 4 is 11.6 Å². The molecule has 0 saturated carbocycles. The zero-order valence-electron chi connectivity index (χ0n) is 18.3. The lowest BCUT2D eigenvalue weighted by molar-refractivity contribution is 0.0950. The second-order valence-electron chi connectivity index (χ2n) is 7.30. The van der Waals surface area contributed by atoms with Crippen molar-refractivity contribution in [2.45, 2.75) is 6.42 Å². The van der Waals surface area contributed by atoms with Crippen molar-refractivity contribution in [1.29, 1.82) is 0 Å². The molecule has 1 amide bonds. The molecule has 0 aromatic heterocycles. The number of amides is 1. The summed E-state index contributed by atoms with van der Waals surface area (Å²) in [5, 5.41) is 2.94. The maximum atomic E-state index is 14.0. The van der Waals surface area contributed by atoms with Crippen molar-refractivity contribution in [1.82, 2.24) is 10.2 Å². The van der Waals surface area contributed by atoms with Gasteiger partial charge in [0.2, 0.25) is 5.75 Å². The fourth-order valence-corrected chi connectivity index (χ4v) is 3.74. The van der Waals surface area contributed by atoms with Crippen LogP contribution in [0.3, 0.4) is 0 Å². The first-order chi connectivity index (χ1) is 15.1. The predicted molar refractivity (Wildman–Crippen MR) is 118 cm³/mol. The minimum Gasteiger partial charge on any atom is -0.493 e. The van der Waals surface area contributed by atoms with E-state index in [2.05, 4.69) is 15.1 Å². The van der Waals surface area contributed by atoms with Crippen LogP contribution < -0.4 is 24.4 Å². The van der Waals surface area contributed by atoms with E-state index in [1.807, 2.05) is 12.1 Å². The summed E-state index contributed by atoms with van der Waals surface area (Å²) in [6, 6.07) is 10.2. The number of piperazine rings is 1. The molecular formula is C23H30FN3O4. The molecule has 0 spiro atoms. The Hall–Kier alpha value is -3.00. The van der Waals surface area contributed by atoms with E-state index in [1.54, 1.807) is 18.2 Å². The Morgan fingerprint density at radius 2 is 1.65 bits per heavy atom. The number of hydrogen-bond donors (Lipinski definition) is 1. The van der Waals surface area contributed by atoms with Gasteiger partial charge in [-0.2, -0.15) is 0 Å². The molecule has 31 heavy (non-hydrogen) atoms. The molecule has 0 bridgehead atoms. The number of para-hydroxylation sites is 1. The van der Waals surface area contributed by atoms with Gasteiger partial charge in [0, 0.05) is 38.3 Å². The molecule has 0 unspecified atom stereocenters. The summed E-state index contributed by atoms with van der Waals surface area (Å²) < 4.78 is 29.9. The second-order valence-corrected chi connectivity index (χ2v) is 7.30. The molecule has 7 nitrogen and oxygen atoms in total. The summed E-state index contributed by atoms with van der Waals surface area (Å²) in [5.41, 5.74) is 1.12. The van der Waals surface area contributed by atoms with Gasteiger partial charge in [-0.15, -0.1) is 0 Å². The van der Waals surface area contributed by atoms with Crippen LogP contribution in [0.2, 0.25) is 0 Å². The molecule has 8 heteroatoms. The monoisotopic (exact) mass is 431 g/mol. The molecule has 2 aromatic rings. The van der Waals surface area contributed by atoms with Gasteiger partial charge in [0.25, 0.3) is 5.91 Å². The summed E-state index contributed by atoms with van der Waals surface area (Å²) in [6.45, 7) is 4.76. The number of benzene rings is 2. The molecule has 3 rings (SSSR count). The van der Waals surface area contributed by atoms with Gasteiger partial charge in [-0.05, 0) is 37.2 Å². The molecule has 2 aromatic carbocycles. The van der Waals surface area contributed by atoms with Crippen LogP contribution in [0.5, 0.6) is 17.2 Å². The molecule has 1 fully saturated rings. The van der Waals surface area contributed by atoms with Crippen molar-refractivity contribution in [2.24, 2.45) is 0 Å². The van der Waals surface area contributed by atoms with Gasteiger partial charge in [0.15, 0.2) is 11.5 Å². The highest BCUT2D eigenvalue weighted by molar-refractivity contribution is 5.95. The normalized spacial score (nSPS) is 14.3. The average Bonchev–Trinajstić information content (AvgIpc) is 2.81. The van der Waals surface area contributed by atoms with Crippen molar-refractivity contribution in [3.05, 3.63) is 47.8 Å². The van der Waals surface area contributed by atoms with E-state index in [0.717, 1.165) is 39.1 Å². The van der Waals surface area contributed by atoms with E-state index in [9.17, 15) is 9.18 Å². The lowest BCUT2D eigenvalue weighted by atomic mass is 10.1. The molecule has 168 valence electrons. The number of hydrogen-bond acceptors (Lipinski definition) is 6. The average molecular weight is 432 g/mol. The smallest absolute Gasteiger partial charge is 0.251 e. The van der Waals surface area contributed by atoms with Crippen molar-refractivity contribution < 1.29 is 23.4 Å². The Bertz CT molecular complexity index is 860. The predicted octanol–water partition coefficient (Wildman–Crippen LogP) is 2.79. The number of halogens is 1. The van der Waals surface area contributed by atoms with Gasteiger partial charge < -0.3 is 24.4 Å². The third kappa shape index (κ3) is 5.58. The van der Waals surface area contributed by atoms with Crippen LogP contribution in [-0.2, 0) is 0 Å². The summed E-state index contributed by atoms with van der Waals surface area (Å²) in [6.07, 6.45) is 0.829. The zero-order valence-corrected chi connectivity index (χ0v) is 18.3. The number of carbonyl (C=O) groups is 1. The summed E-state index contributed by atoms with van der Waals surface area (Å²) in [5.74, 6) is 0.976. The summed E-state index contributed by atoms with van der Waals surface area (Å²) >= 11 is 0. The van der Waals surface area contributed by atoms with E-state index < -0.39 is 0 Å². The van der Waals surface area contributed by atoms with Gasteiger partial charge in [-0.1, -0.05) is 12.1 Å². The highest BCUT2D eigenvalue weighted by atomic mass is 19.1. The molecule has 1 saturated heterocycles. The molecule has 1 aliphatic rings. The minimum absolute atomic E-state index is 0.176. The topological polar surface area (TPSA) is 63.3 Å². The molecule has 1 heterocycles. The lowest BCUT2D eigenvalue weighted by Crippen LogP contribution is -2.47. The fraction of sp³-hybridized carbons (Fsp3) is 0.435. The Labute approximate surface area is 182 Å². The Morgan fingerprint density at radius 3 is 2.23 bits per heavy atom. The number of carbonyl (C=O) groups excluding carboxylic acids is 1. The van der Waals surface area contributed by atoms with E-state index in [4.69, 9.17) is 14.2 Å². The standard InChI is InChI=1S/C23H30FN3O4/c1-29-20-15-17(16-21(30-2)22(20)31-3)23(28)25-9-6-10-26-11-13-27(14-12-26)19-8-5-4-7-18(19)24/h4-5,7-8,15-16H,6,9-14H2,1-3H3,(H,25,28). The maximum absolute atomic E-state index is 14.0. The number of ether oxygens (including phenoxy) is 3. The van der Waals surface area contributed by atoms with Crippen molar-refractivity contribution in [2.75, 3.05) is 65.5 Å². The van der Waals surface area contributed by atoms with E-state index in [0.29, 0.717) is 35.0 Å². The number of nitrogens with zero attached hydrogens (tertiary/aromatic N) is 2. The van der Waals surface area contributed by atoms with Crippen LogP contribution in [0.15, 0.2) is 36.4 Å². The molecule has 0 aliphatic carbocycles. The van der Waals surface area contributed by atoms with E-state index >= 15 is 0 Å². The highest BCUT2D eigenvalue weighted by Crippen LogP contribution is 2.38. The van der Waals surface area contributed by atoms with Crippen LogP contribution >= 0.6 is 0 Å². The van der Waals surface area contributed by atoms with Crippen LogP contribution in [0.1, 0.15) is 16.8 Å². The van der Waals surface area contributed by atoms with Gasteiger partial charge in [0.1, 0.15) is 5.82 Å². The number of rotatable bonds is 9. The quantitative estimate of drug-likeness (QED) is 0.616. The highest BCUT2D eigenvalue weighted by Gasteiger charge is 2.19. The third-order valence-electron chi connectivity index (χ3n) is 5.43. The fourth-order valence-electron chi connectivity index (χ4n) is 3.74. The zero-order chi connectivity index (χ0) is 22.2. The van der Waals surface area contributed by atoms with Gasteiger partial charge in [0.05, 0.1) is 27.0 Å². The number of methoxy groups -OCH3 is 3. The van der Waals surface area contributed by atoms with E-state index in [-0.39, 0.29) is 11.7 Å². The van der Waals surface area contributed by atoms with Gasteiger partial charge >= 0.3 is 0 Å². The molecule has 0 radical (unpaired) electrons. The maximum Gasteiger partial charge on any atom is 0.251 e. The first kappa shape index (κ1) is 22.7. The molecule has 1 aliphatic heterocycles. The van der Waals surface area contributed by atoms with Crippen LogP contribution in [0.4, 0.5) is 10.1 Å².